The molecule has 5 heteroatoms. The van der Waals surface area contributed by atoms with Gasteiger partial charge in [0.1, 0.15) is 11.6 Å². The van der Waals surface area contributed by atoms with Crippen molar-refractivity contribution < 1.29 is 9.13 Å². The molecule has 4 nitrogen and oxygen atoms in total. The number of hydrogen-bond acceptors (Lipinski definition) is 4. The minimum absolute atomic E-state index is 0.0511. The van der Waals surface area contributed by atoms with Crippen molar-refractivity contribution >= 4 is 5.69 Å². The van der Waals surface area contributed by atoms with E-state index in [-0.39, 0.29) is 11.7 Å². The van der Waals surface area contributed by atoms with E-state index in [9.17, 15) is 0 Å². The third-order valence-electron chi connectivity index (χ3n) is 7.98. The van der Waals surface area contributed by atoms with Gasteiger partial charge < -0.3 is 15.0 Å². The molecule has 1 N–H and O–H groups in total. The van der Waals surface area contributed by atoms with E-state index >= 15 is 4.39 Å². The van der Waals surface area contributed by atoms with E-state index in [0.29, 0.717) is 18.0 Å². The predicted octanol–water partition coefficient (Wildman–Crippen LogP) is 6.08. The van der Waals surface area contributed by atoms with Crippen LogP contribution in [-0.4, -0.2) is 56.8 Å². The number of benzene rings is 2. The summed E-state index contributed by atoms with van der Waals surface area (Å²) in [4.78, 5) is 4.99. The molecule has 0 spiro atoms. The maximum atomic E-state index is 15.1. The Balaban J connectivity index is 1.45. The molecule has 2 fully saturated rings. The van der Waals surface area contributed by atoms with Gasteiger partial charge in [0.05, 0.1) is 12.8 Å². The molecule has 1 aliphatic heterocycles. The first kappa shape index (κ1) is 26.0. The van der Waals surface area contributed by atoms with Crippen LogP contribution in [0.4, 0.5) is 10.1 Å². The second-order valence-electron chi connectivity index (χ2n) is 10.7. The summed E-state index contributed by atoms with van der Waals surface area (Å²) in [6.45, 7) is 9.47. The molecule has 1 aliphatic carbocycles. The van der Waals surface area contributed by atoms with Crippen LogP contribution < -0.4 is 15.0 Å². The molecule has 0 bridgehead atoms. The monoisotopic (exact) mass is 481 g/mol. The van der Waals surface area contributed by atoms with Crippen molar-refractivity contribution in [3.63, 3.8) is 0 Å². The van der Waals surface area contributed by atoms with E-state index < -0.39 is 0 Å². The maximum absolute atomic E-state index is 15.1. The second-order valence-corrected chi connectivity index (χ2v) is 10.7. The normalized spacial score (nSPS) is 19.6. The molecule has 35 heavy (non-hydrogen) atoms. The highest BCUT2D eigenvalue weighted by atomic mass is 19.1. The molecular formula is C30H44FN3O. The Morgan fingerprint density at radius 3 is 2.31 bits per heavy atom. The Kier molecular flexibility index (Phi) is 9.45. The lowest BCUT2D eigenvalue weighted by molar-refractivity contribution is 0.196. The summed E-state index contributed by atoms with van der Waals surface area (Å²) >= 11 is 0. The summed E-state index contributed by atoms with van der Waals surface area (Å²) in [5.41, 5.74) is 2.07. The summed E-state index contributed by atoms with van der Waals surface area (Å²) in [6, 6.07) is 16.5. The first-order chi connectivity index (χ1) is 17.1. The molecule has 2 aliphatic rings. The highest BCUT2D eigenvalue weighted by molar-refractivity contribution is 5.58. The number of nitrogens with one attached hydrogen (secondary N) is 1. The first-order valence-electron chi connectivity index (χ1n) is 13.7. The van der Waals surface area contributed by atoms with Gasteiger partial charge in [0.2, 0.25) is 0 Å². The van der Waals surface area contributed by atoms with Crippen LogP contribution in [0.15, 0.2) is 48.5 Å². The van der Waals surface area contributed by atoms with Crippen molar-refractivity contribution in [2.24, 2.45) is 5.92 Å². The van der Waals surface area contributed by atoms with E-state index in [1.807, 2.05) is 30.3 Å². The number of anilines is 1. The molecule has 1 saturated heterocycles. The van der Waals surface area contributed by atoms with Crippen LogP contribution in [0.3, 0.4) is 0 Å². The van der Waals surface area contributed by atoms with Gasteiger partial charge in [0.25, 0.3) is 0 Å². The number of methoxy groups -OCH3 is 1. The molecule has 0 radical (unpaired) electrons. The fourth-order valence-corrected chi connectivity index (χ4v) is 6.19. The molecule has 0 unspecified atom stereocenters. The molecule has 1 saturated carbocycles. The summed E-state index contributed by atoms with van der Waals surface area (Å²) in [7, 11) is 1.74. The number of para-hydroxylation sites is 2. The van der Waals surface area contributed by atoms with E-state index in [1.54, 1.807) is 13.2 Å². The van der Waals surface area contributed by atoms with Gasteiger partial charge in [-0.2, -0.15) is 0 Å². The van der Waals surface area contributed by atoms with Crippen LogP contribution in [-0.2, 0) is 0 Å². The minimum atomic E-state index is -0.0511. The van der Waals surface area contributed by atoms with Crippen molar-refractivity contribution in [1.82, 2.24) is 10.2 Å². The Morgan fingerprint density at radius 2 is 1.63 bits per heavy atom. The van der Waals surface area contributed by atoms with Gasteiger partial charge in [-0.25, -0.2) is 4.39 Å². The summed E-state index contributed by atoms with van der Waals surface area (Å²) in [5, 5.41) is 3.90. The topological polar surface area (TPSA) is 27.7 Å². The fourth-order valence-electron chi connectivity index (χ4n) is 6.19. The lowest BCUT2D eigenvalue weighted by Crippen LogP contribution is -2.49. The highest BCUT2D eigenvalue weighted by Crippen LogP contribution is 2.37. The Labute approximate surface area is 211 Å². The molecule has 0 amide bonds. The number of halogens is 1. The van der Waals surface area contributed by atoms with Crippen molar-refractivity contribution in [3.05, 3.63) is 59.9 Å². The van der Waals surface area contributed by atoms with Crippen LogP contribution in [0, 0.1) is 11.7 Å². The van der Waals surface area contributed by atoms with Crippen molar-refractivity contribution in [2.75, 3.05) is 44.7 Å². The zero-order valence-electron chi connectivity index (χ0n) is 21.9. The molecule has 0 aromatic heterocycles. The number of ether oxygens (including phenoxy) is 1. The molecule has 192 valence electrons. The summed E-state index contributed by atoms with van der Waals surface area (Å²) in [5.74, 6) is 1.70. The highest BCUT2D eigenvalue weighted by Gasteiger charge is 2.33. The molecule has 4 rings (SSSR count). The van der Waals surface area contributed by atoms with Gasteiger partial charge in [-0.15, -0.1) is 0 Å². The second kappa shape index (κ2) is 12.7. The van der Waals surface area contributed by atoms with Gasteiger partial charge in [0.15, 0.2) is 0 Å². The number of hydrogen-bond donors (Lipinski definition) is 1. The van der Waals surface area contributed by atoms with Crippen LogP contribution in [0.5, 0.6) is 5.75 Å². The van der Waals surface area contributed by atoms with Gasteiger partial charge in [-0.05, 0) is 55.5 Å². The van der Waals surface area contributed by atoms with E-state index in [2.05, 4.69) is 41.1 Å². The average Bonchev–Trinajstić information content (AvgIpc) is 2.89. The quantitative estimate of drug-likeness (QED) is 0.445. The Hall–Kier alpha value is -2.11. The standard InChI is InChI=1S/C30H44FN3O/c1-23(2)32-30(24-11-5-4-6-12-24)26(25-13-7-8-14-27(25)31)17-18-33-19-21-34(22-20-33)28-15-9-10-16-29(28)35-3/h7-10,13-16,23-24,26,30,32H,4-6,11-12,17-22H2,1-3H3/t26-,30+/m0/s1. The molecule has 2 aromatic rings. The van der Waals surface area contributed by atoms with E-state index in [4.69, 9.17) is 4.74 Å². The average molecular weight is 482 g/mol. The van der Waals surface area contributed by atoms with Gasteiger partial charge in [-0.3, -0.25) is 4.90 Å². The molecule has 2 atom stereocenters. The summed E-state index contributed by atoms with van der Waals surface area (Å²) < 4.78 is 20.7. The lowest BCUT2D eigenvalue weighted by atomic mass is 9.74. The zero-order valence-corrected chi connectivity index (χ0v) is 21.9. The summed E-state index contributed by atoms with van der Waals surface area (Å²) in [6.07, 6.45) is 7.44. The van der Waals surface area contributed by atoms with Crippen molar-refractivity contribution in [2.45, 2.75) is 70.4 Å². The van der Waals surface area contributed by atoms with Crippen molar-refractivity contribution in [3.8, 4) is 5.75 Å². The van der Waals surface area contributed by atoms with Crippen molar-refractivity contribution in [1.29, 1.82) is 0 Å². The van der Waals surface area contributed by atoms with Gasteiger partial charge in [0, 0.05) is 44.2 Å². The Bertz CT molecular complexity index is 906. The van der Waals surface area contributed by atoms with Gasteiger partial charge in [-0.1, -0.05) is 63.4 Å². The fraction of sp³-hybridized carbons (Fsp3) is 0.600. The largest absolute Gasteiger partial charge is 0.495 e. The molecule has 1 heterocycles. The maximum Gasteiger partial charge on any atom is 0.142 e. The zero-order chi connectivity index (χ0) is 24.6. The van der Waals surface area contributed by atoms with Crippen LogP contribution in [0.25, 0.3) is 0 Å². The Morgan fingerprint density at radius 1 is 0.943 bits per heavy atom. The van der Waals surface area contributed by atoms with Crippen LogP contribution in [0.1, 0.15) is 63.9 Å². The number of rotatable bonds is 10. The molecular weight excluding hydrogens is 437 g/mol. The van der Waals surface area contributed by atoms with E-state index in [0.717, 1.165) is 50.5 Å². The number of piperazine rings is 1. The third kappa shape index (κ3) is 6.77. The van der Waals surface area contributed by atoms with Crippen LogP contribution >= 0.6 is 0 Å². The first-order valence-corrected chi connectivity index (χ1v) is 13.7. The smallest absolute Gasteiger partial charge is 0.142 e. The molecule has 2 aromatic carbocycles. The predicted molar refractivity (Wildman–Crippen MR) is 144 cm³/mol. The van der Waals surface area contributed by atoms with Gasteiger partial charge >= 0.3 is 0 Å². The SMILES string of the molecule is COc1ccccc1N1CCN(CC[C@@H](c2ccccc2F)[C@H](NC(C)C)C2CCCCC2)CC1. The number of nitrogens with zero attached hydrogens (tertiary/aromatic N) is 2. The van der Waals surface area contributed by atoms with Crippen LogP contribution in [0.2, 0.25) is 0 Å². The minimum Gasteiger partial charge on any atom is -0.495 e. The third-order valence-corrected chi connectivity index (χ3v) is 7.98. The van der Waals surface area contributed by atoms with E-state index in [1.165, 1.54) is 37.8 Å². The lowest BCUT2D eigenvalue weighted by Gasteiger charge is -2.40.